The summed E-state index contributed by atoms with van der Waals surface area (Å²) in [7, 11) is 0. The fourth-order valence-corrected chi connectivity index (χ4v) is 9.25. The summed E-state index contributed by atoms with van der Waals surface area (Å²) in [4.78, 5) is 0. The molecule has 0 bridgehead atoms. The van der Waals surface area contributed by atoms with E-state index in [4.69, 9.17) is 0 Å². The van der Waals surface area contributed by atoms with Gasteiger partial charge < -0.3 is 20.4 Å². The smallest absolute Gasteiger partial charge is 0.0910 e. The summed E-state index contributed by atoms with van der Waals surface area (Å²) in [6.45, 7) is 11.0. The van der Waals surface area contributed by atoms with Crippen molar-refractivity contribution >= 4 is 0 Å². The Morgan fingerprint density at radius 2 is 1.52 bits per heavy atom. The third-order valence-electron chi connectivity index (χ3n) is 11.0. The van der Waals surface area contributed by atoms with Crippen LogP contribution in [0.1, 0.15) is 98.8 Å². The van der Waals surface area contributed by atoms with E-state index in [9.17, 15) is 20.4 Å². The third-order valence-corrected chi connectivity index (χ3v) is 11.0. The van der Waals surface area contributed by atoms with Crippen molar-refractivity contribution in [3.05, 3.63) is 0 Å². The average molecular weight is 437 g/mol. The topological polar surface area (TPSA) is 80.9 Å². The van der Waals surface area contributed by atoms with Gasteiger partial charge in [-0.05, 0) is 117 Å². The summed E-state index contributed by atoms with van der Waals surface area (Å²) >= 11 is 0. The van der Waals surface area contributed by atoms with Crippen molar-refractivity contribution in [2.45, 2.75) is 123 Å². The lowest BCUT2D eigenvalue weighted by molar-refractivity contribution is -0.188. The molecule has 0 saturated heterocycles. The first-order valence-corrected chi connectivity index (χ1v) is 13.2. The molecule has 4 heteroatoms. The minimum Gasteiger partial charge on any atom is -0.393 e. The standard InChI is InChI=1S/C27H48O4/c1-16(2)6-9-24(30)27(5,31)23-8-7-19-18-15-22(29)21-14-17(28)10-12-25(21,3)20(18)11-13-26(19,23)4/h16-24,28-31H,6-15H2,1-5H3/t17-,18-,19-,20-,21+,22+,23-,24+,25+,26-,27+/m0/s1. The van der Waals surface area contributed by atoms with Gasteiger partial charge >= 0.3 is 0 Å². The normalized spacial score (nSPS) is 50.3. The van der Waals surface area contributed by atoms with Crippen LogP contribution in [0.3, 0.4) is 0 Å². The maximum atomic E-state index is 11.6. The van der Waals surface area contributed by atoms with Crippen LogP contribution in [-0.4, -0.2) is 44.3 Å². The van der Waals surface area contributed by atoms with Gasteiger partial charge in [0.2, 0.25) is 0 Å². The number of hydrogen-bond donors (Lipinski definition) is 4. The van der Waals surface area contributed by atoms with Gasteiger partial charge in [0.1, 0.15) is 0 Å². The zero-order chi connectivity index (χ0) is 22.8. The quantitative estimate of drug-likeness (QED) is 0.511. The minimum absolute atomic E-state index is 0.0283. The van der Waals surface area contributed by atoms with Crippen LogP contribution >= 0.6 is 0 Å². The van der Waals surface area contributed by atoms with Gasteiger partial charge in [0.15, 0.2) is 0 Å². The molecule has 0 aromatic carbocycles. The van der Waals surface area contributed by atoms with Crippen molar-refractivity contribution in [2.75, 3.05) is 0 Å². The maximum Gasteiger partial charge on any atom is 0.0910 e. The molecule has 4 fully saturated rings. The number of fused-ring (bicyclic) bond motifs is 5. The number of rotatable bonds is 5. The lowest BCUT2D eigenvalue weighted by atomic mass is 9.43. The van der Waals surface area contributed by atoms with Crippen LogP contribution < -0.4 is 0 Å². The van der Waals surface area contributed by atoms with E-state index in [1.165, 1.54) is 0 Å². The van der Waals surface area contributed by atoms with Gasteiger partial charge in [-0.15, -0.1) is 0 Å². The zero-order valence-corrected chi connectivity index (χ0v) is 20.6. The van der Waals surface area contributed by atoms with Crippen LogP contribution in [0.2, 0.25) is 0 Å². The van der Waals surface area contributed by atoms with Crippen LogP contribution in [-0.2, 0) is 0 Å². The summed E-state index contributed by atoms with van der Waals surface area (Å²) in [6, 6.07) is 0. The number of aliphatic hydroxyl groups is 4. The highest BCUT2D eigenvalue weighted by Gasteiger charge is 2.64. The highest BCUT2D eigenvalue weighted by molar-refractivity contribution is 5.13. The van der Waals surface area contributed by atoms with Gasteiger partial charge in [-0.1, -0.05) is 27.7 Å². The summed E-state index contributed by atoms with van der Waals surface area (Å²) in [6.07, 6.45) is 8.19. The van der Waals surface area contributed by atoms with Crippen LogP contribution in [0.15, 0.2) is 0 Å². The van der Waals surface area contributed by atoms with Crippen molar-refractivity contribution in [2.24, 2.45) is 46.3 Å². The van der Waals surface area contributed by atoms with Crippen molar-refractivity contribution in [3.8, 4) is 0 Å². The lowest BCUT2D eigenvalue weighted by Crippen LogP contribution is -2.60. The minimum atomic E-state index is -1.06. The van der Waals surface area contributed by atoms with Crippen LogP contribution in [0.25, 0.3) is 0 Å². The summed E-state index contributed by atoms with van der Waals surface area (Å²) in [5.74, 6) is 2.49. The highest BCUT2D eigenvalue weighted by Crippen LogP contribution is 2.68. The summed E-state index contributed by atoms with van der Waals surface area (Å²) < 4.78 is 0. The molecule has 11 atom stereocenters. The second kappa shape index (κ2) is 8.25. The Morgan fingerprint density at radius 3 is 2.19 bits per heavy atom. The molecule has 0 unspecified atom stereocenters. The largest absolute Gasteiger partial charge is 0.393 e. The number of aliphatic hydroxyl groups excluding tert-OH is 3. The molecule has 0 spiro atoms. The first-order chi connectivity index (χ1) is 14.4. The van der Waals surface area contributed by atoms with Gasteiger partial charge in [-0.3, -0.25) is 0 Å². The SMILES string of the molecule is CC(C)CC[C@@H](O)[C@](C)(O)[C@H]1CC[C@H]2[C@@H]3C[C@@H](O)[C@H]4C[C@@H](O)CC[C@]4(C)[C@H]3CC[C@]12C. The Bertz CT molecular complexity index is 647. The van der Waals surface area contributed by atoms with Crippen molar-refractivity contribution in [3.63, 3.8) is 0 Å². The van der Waals surface area contributed by atoms with Crippen LogP contribution in [0.5, 0.6) is 0 Å². The predicted molar refractivity (Wildman–Crippen MR) is 123 cm³/mol. The first kappa shape index (κ1) is 24.0. The first-order valence-electron chi connectivity index (χ1n) is 13.2. The Hall–Kier alpha value is -0.160. The van der Waals surface area contributed by atoms with Gasteiger partial charge in [-0.25, -0.2) is 0 Å². The Kier molecular flexibility index (Phi) is 6.38. The average Bonchev–Trinajstić information content (AvgIpc) is 3.05. The van der Waals surface area contributed by atoms with E-state index in [1.807, 2.05) is 6.92 Å². The fourth-order valence-electron chi connectivity index (χ4n) is 9.25. The Balaban J connectivity index is 1.56. The molecule has 0 aromatic heterocycles. The van der Waals surface area contributed by atoms with E-state index in [-0.39, 0.29) is 34.9 Å². The molecule has 4 N–H and O–H groups in total. The van der Waals surface area contributed by atoms with E-state index in [0.29, 0.717) is 30.1 Å². The van der Waals surface area contributed by atoms with E-state index >= 15 is 0 Å². The van der Waals surface area contributed by atoms with Crippen molar-refractivity contribution in [1.29, 1.82) is 0 Å². The zero-order valence-electron chi connectivity index (χ0n) is 20.6. The summed E-state index contributed by atoms with van der Waals surface area (Å²) in [5.41, 5.74) is -0.902. The van der Waals surface area contributed by atoms with Crippen molar-refractivity contribution in [1.82, 2.24) is 0 Å². The van der Waals surface area contributed by atoms with Crippen LogP contribution in [0, 0.1) is 46.3 Å². The maximum absolute atomic E-state index is 11.6. The molecule has 4 saturated carbocycles. The van der Waals surface area contributed by atoms with Gasteiger partial charge in [0.05, 0.1) is 23.9 Å². The molecule has 4 aliphatic carbocycles. The fraction of sp³-hybridized carbons (Fsp3) is 1.00. The molecule has 0 amide bonds. The molecule has 31 heavy (non-hydrogen) atoms. The molecule has 180 valence electrons. The molecule has 4 aliphatic rings. The van der Waals surface area contributed by atoms with E-state index < -0.39 is 11.7 Å². The highest BCUT2D eigenvalue weighted by atomic mass is 16.3. The van der Waals surface area contributed by atoms with Crippen molar-refractivity contribution < 1.29 is 20.4 Å². The second-order valence-electron chi connectivity index (χ2n) is 13.1. The third kappa shape index (κ3) is 3.82. The summed E-state index contributed by atoms with van der Waals surface area (Å²) in [5, 5.41) is 44.0. The molecular formula is C27H48O4. The van der Waals surface area contributed by atoms with Gasteiger partial charge in [0, 0.05) is 0 Å². The molecule has 4 rings (SSSR count). The Morgan fingerprint density at radius 1 is 0.871 bits per heavy atom. The molecule has 0 aliphatic heterocycles. The van der Waals surface area contributed by atoms with Crippen LogP contribution in [0.4, 0.5) is 0 Å². The predicted octanol–water partition coefficient (Wildman–Crippen LogP) is 4.53. The molecule has 0 aromatic rings. The molecule has 4 nitrogen and oxygen atoms in total. The van der Waals surface area contributed by atoms with Gasteiger partial charge in [0.25, 0.3) is 0 Å². The number of hydrogen-bond acceptors (Lipinski definition) is 4. The Labute approximate surface area is 189 Å². The second-order valence-corrected chi connectivity index (χ2v) is 13.1. The van der Waals surface area contributed by atoms with Gasteiger partial charge in [-0.2, -0.15) is 0 Å². The monoisotopic (exact) mass is 436 g/mol. The van der Waals surface area contributed by atoms with E-state index in [2.05, 4.69) is 27.7 Å². The lowest BCUT2D eigenvalue weighted by Gasteiger charge is -2.62. The van der Waals surface area contributed by atoms with E-state index in [1.54, 1.807) is 0 Å². The molecular weight excluding hydrogens is 388 g/mol. The molecule has 0 radical (unpaired) electrons. The van der Waals surface area contributed by atoms with E-state index in [0.717, 1.165) is 57.8 Å². The molecule has 0 heterocycles.